The number of hydrogen-bond acceptors (Lipinski definition) is 2. The maximum absolute atomic E-state index is 12.2. The number of urea groups is 1. The largest absolute Gasteiger partial charge is 0.396 e. The van der Waals surface area contributed by atoms with Crippen LogP contribution >= 0.6 is 0 Å². The van der Waals surface area contributed by atoms with Gasteiger partial charge >= 0.3 is 6.03 Å². The molecule has 20 heavy (non-hydrogen) atoms. The van der Waals surface area contributed by atoms with Crippen molar-refractivity contribution in [1.82, 2.24) is 10.2 Å². The molecule has 0 fully saturated rings. The molecule has 2 rings (SSSR count). The molecule has 2 N–H and O–H groups in total. The number of amides is 2. The predicted octanol–water partition coefficient (Wildman–Crippen LogP) is 1.96. The van der Waals surface area contributed by atoms with Gasteiger partial charge < -0.3 is 15.3 Å². The molecule has 1 aromatic rings. The summed E-state index contributed by atoms with van der Waals surface area (Å²) >= 11 is 0. The molecule has 1 aliphatic heterocycles. The third-order valence-electron chi connectivity index (χ3n) is 3.87. The van der Waals surface area contributed by atoms with E-state index >= 15 is 0 Å². The zero-order valence-electron chi connectivity index (χ0n) is 12.1. The molecule has 4 heteroatoms. The molecular formula is C16H24N2O2. The third kappa shape index (κ3) is 3.97. The van der Waals surface area contributed by atoms with Gasteiger partial charge in [-0.3, -0.25) is 0 Å². The monoisotopic (exact) mass is 276 g/mol. The fourth-order valence-corrected chi connectivity index (χ4v) is 2.64. The molecule has 0 bridgehead atoms. The molecule has 1 aliphatic rings. The van der Waals surface area contributed by atoms with Crippen molar-refractivity contribution in [2.45, 2.75) is 38.6 Å². The van der Waals surface area contributed by atoms with Crippen LogP contribution < -0.4 is 5.32 Å². The number of carbonyl (C=O) groups excluding carboxylic acids is 1. The van der Waals surface area contributed by atoms with Crippen molar-refractivity contribution in [3.8, 4) is 0 Å². The number of aliphatic hydroxyl groups excluding tert-OH is 1. The lowest BCUT2D eigenvalue weighted by molar-refractivity contribution is 0.195. The molecular weight excluding hydrogens is 252 g/mol. The van der Waals surface area contributed by atoms with Crippen molar-refractivity contribution in [2.24, 2.45) is 0 Å². The Labute approximate surface area is 120 Å². The number of fused-ring (bicyclic) bond motifs is 1. The average Bonchev–Trinajstić information content (AvgIpc) is 2.67. The third-order valence-corrected chi connectivity index (χ3v) is 3.87. The van der Waals surface area contributed by atoms with Gasteiger partial charge in [0, 0.05) is 25.7 Å². The summed E-state index contributed by atoms with van der Waals surface area (Å²) in [4.78, 5) is 14.1. The Bertz CT molecular complexity index is 421. The average molecular weight is 276 g/mol. The van der Waals surface area contributed by atoms with Crippen molar-refractivity contribution in [3.05, 3.63) is 35.4 Å². The number of hydrogen-bond donors (Lipinski definition) is 2. The van der Waals surface area contributed by atoms with Gasteiger partial charge in [0.1, 0.15) is 0 Å². The van der Waals surface area contributed by atoms with Gasteiger partial charge in [-0.15, -0.1) is 0 Å². The number of nitrogens with zero attached hydrogens (tertiary/aromatic N) is 1. The first-order valence-corrected chi connectivity index (χ1v) is 7.44. The van der Waals surface area contributed by atoms with Crippen LogP contribution in [0.4, 0.5) is 4.79 Å². The van der Waals surface area contributed by atoms with Crippen LogP contribution in [0, 0.1) is 0 Å². The highest BCUT2D eigenvalue weighted by Gasteiger charge is 2.19. The van der Waals surface area contributed by atoms with Crippen LogP contribution in [0.25, 0.3) is 0 Å². The van der Waals surface area contributed by atoms with Crippen LogP contribution in [0.1, 0.15) is 30.9 Å². The molecule has 110 valence electrons. The summed E-state index contributed by atoms with van der Waals surface area (Å²) in [6, 6.07) is 8.56. The van der Waals surface area contributed by atoms with Crippen LogP contribution in [0.2, 0.25) is 0 Å². The van der Waals surface area contributed by atoms with Gasteiger partial charge in [0.05, 0.1) is 0 Å². The topological polar surface area (TPSA) is 52.6 Å². The molecule has 1 heterocycles. The molecule has 0 spiro atoms. The van der Waals surface area contributed by atoms with E-state index in [1.807, 2.05) is 11.8 Å². The molecule has 0 radical (unpaired) electrons. The van der Waals surface area contributed by atoms with Crippen LogP contribution in [0.15, 0.2) is 24.3 Å². The first-order chi connectivity index (χ1) is 9.70. The summed E-state index contributed by atoms with van der Waals surface area (Å²) in [5, 5.41) is 11.8. The summed E-state index contributed by atoms with van der Waals surface area (Å²) in [5.41, 5.74) is 2.72. The zero-order valence-corrected chi connectivity index (χ0v) is 12.1. The Morgan fingerprint density at radius 1 is 1.30 bits per heavy atom. The van der Waals surface area contributed by atoms with E-state index in [-0.39, 0.29) is 18.7 Å². The molecule has 0 aliphatic carbocycles. The summed E-state index contributed by atoms with van der Waals surface area (Å²) in [6.45, 7) is 3.71. The highest BCUT2D eigenvalue weighted by atomic mass is 16.3. The van der Waals surface area contributed by atoms with Gasteiger partial charge in [0.15, 0.2) is 0 Å². The second kappa shape index (κ2) is 7.29. The van der Waals surface area contributed by atoms with E-state index in [1.165, 1.54) is 11.1 Å². The van der Waals surface area contributed by atoms with Crippen molar-refractivity contribution < 1.29 is 9.90 Å². The van der Waals surface area contributed by atoms with E-state index in [4.69, 9.17) is 5.11 Å². The lowest BCUT2D eigenvalue weighted by Crippen LogP contribution is -2.45. The van der Waals surface area contributed by atoms with Crippen LogP contribution in [0.3, 0.4) is 0 Å². The molecule has 0 aromatic heterocycles. The molecule has 0 saturated heterocycles. The van der Waals surface area contributed by atoms with Gasteiger partial charge in [-0.05, 0) is 43.7 Å². The van der Waals surface area contributed by atoms with Gasteiger partial charge in [-0.2, -0.15) is 0 Å². The highest BCUT2D eigenvalue weighted by molar-refractivity contribution is 5.74. The summed E-state index contributed by atoms with van der Waals surface area (Å²) in [5.74, 6) is 0. The second-order valence-electron chi connectivity index (χ2n) is 5.47. The number of benzene rings is 1. The molecule has 1 atom stereocenters. The smallest absolute Gasteiger partial charge is 0.317 e. The van der Waals surface area contributed by atoms with Crippen molar-refractivity contribution >= 4 is 6.03 Å². The molecule has 4 nitrogen and oxygen atoms in total. The van der Waals surface area contributed by atoms with Crippen LogP contribution in [-0.2, 0) is 12.8 Å². The standard InChI is InChI=1S/C16H24N2O2/c1-13(5-4-12-19)17-16(20)18-10-8-14-6-2-3-7-15(14)9-11-18/h2-3,6-7,13,19H,4-5,8-12H2,1H3,(H,17,20). The Hall–Kier alpha value is -1.55. The molecule has 1 aromatic carbocycles. The minimum atomic E-state index is 0.0169. The number of rotatable bonds is 4. The zero-order chi connectivity index (χ0) is 14.4. The Morgan fingerprint density at radius 3 is 2.45 bits per heavy atom. The van der Waals surface area contributed by atoms with Gasteiger partial charge in [-0.25, -0.2) is 4.79 Å². The predicted molar refractivity (Wildman–Crippen MR) is 79.7 cm³/mol. The number of carbonyl (C=O) groups is 1. The van der Waals surface area contributed by atoms with Crippen LogP contribution in [-0.4, -0.2) is 41.8 Å². The fraction of sp³-hybridized carbons (Fsp3) is 0.562. The van der Waals surface area contributed by atoms with Gasteiger partial charge in [0.25, 0.3) is 0 Å². The number of nitrogens with one attached hydrogen (secondary N) is 1. The summed E-state index contributed by atoms with van der Waals surface area (Å²) in [6.07, 6.45) is 3.40. The van der Waals surface area contributed by atoms with Crippen molar-refractivity contribution in [3.63, 3.8) is 0 Å². The maximum atomic E-state index is 12.2. The van der Waals surface area contributed by atoms with Gasteiger partial charge in [0.2, 0.25) is 0 Å². The molecule has 1 unspecified atom stereocenters. The summed E-state index contributed by atoms with van der Waals surface area (Å²) in [7, 11) is 0. The van der Waals surface area contributed by atoms with E-state index < -0.39 is 0 Å². The molecule has 2 amide bonds. The normalized spacial score (nSPS) is 16.2. The Morgan fingerprint density at radius 2 is 1.90 bits per heavy atom. The van der Waals surface area contributed by atoms with Crippen molar-refractivity contribution in [1.29, 1.82) is 0 Å². The van der Waals surface area contributed by atoms with Crippen molar-refractivity contribution in [2.75, 3.05) is 19.7 Å². The van der Waals surface area contributed by atoms with E-state index in [1.54, 1.807) is 0 Å². The first kappa shape index (κ1) is 14.9. The first-order valence-electron chi connectivity index (χ1n) is 7.44. The fourth-order valence-electron chi connectivity index (χ4n) is 2.64. The minimum Gasteiger partial charge on any atom is -0.396 e. The lowest BCUT2D eigenvalue weighted by atomic mass is 10.0. The second-order valence-corrected chi connectivity index (χ2v) is 5.47. The Kier molecular flexibility index (Phi) is 5.41. The minimum absolute atomic E-state index is 0.0169. The number of aliphatic hydroxyl groups is 1. The quantitative estimate of drug-likeness (QED) is 0.883. The van der Waals surface area contributed by atoms with Crippen LogP contribution in [0.5, 0.6) is 0 Å². The van der Waals surface area contributed by atoms with Gasteiger partial charge in [-0.1, -0.05) is 24.3 Å². The SMILES string of the molecule is CC(CCCO)NC(=O)N1CCc2ccccc2CC1. The highest BCUT2D eigenvalue weighted by Crippen LogP contribution is 2.15. The Balaban J connectivity index is 1.87. The molecule has 0 saturated carbocycles. The van der Waals surface area contributed by atoms with E-state index in [0.29, 0.717) is 0 Å². The van der Waals surface area contributed by atoms with E-state index in [9.17, 15) is 4.79 Å². The van der Waals surface area contributed by atoms with E-state index in [0.717, 1.165) is 38.8 Å². The lowest BCUT2D eigenvalue weighted by Gasteiger charge is -2.23. The van der Waals surface area contributed by atoms with E-state index in [2.05, 4.69) is 29.6 Å². The summed E-state index contributed by atoms with van der Waals surface area (Å²) < 4.78 is 0. The maximum Gasteiger partial charge on any atom is 0.317 e.